The first-order chi connectivity index (χ1) is 9.04. The van der Waals surface area contributed by atoms with E-state index < -0.39 is 0 Å². The number of rotatable bonds is 2. The molecule has 0 spiro atoms. The molecule has 1 saturated heterocycles. The number of guanidine groups is 1. The number of nitrogens with two attached hydrogens (primary N) is 1. The number of nitrogens with one attached hydrogen (secondary N) is 1. The zero-order chi connectivity index (χ0) is 13.9. The average molecular weight is 270 g/mol. The van der Waals surface area contributed by atoms with Gasteiger partial charge in [-0.1, -0.05) is 12.8 Å². The van der Waals surface area contributed by atoms with Gasteiger partial charge in [-0.15, -0.1) is 0 Å². The molecule has 0 aromatic heterocycles. The number of aliphatic imine (C=N–C) groups is 1. The number of aliphatic hydroxyl groups excluding tert-OH is 1. The third-order valence-electron chi connectivity index (χ3n) is 3.74. The lowest BCUT2D eigenvalue weighted by molar-refractivity contribution is -0.135. The molecule has 1 atom stereocenters. The van der Waals surface area contributed by atoms with Gasteiger partial charge in [0, 0.05) is 13.1 Å². The average Bonchev–Trinajstić information content (AvgIpc) is 2.86. The molecule has 19 heavy (non-hydrogen) atoms. The zero-order valence-corrected chi connectivity index (χ0v) is 11.9. The summed E-state index contributed by atoms with van der Waals surface area (Å²) in [5.41, 5.74) is 2.41. The first kappa shape index (κ1) is 14.6. The normalized spacial score (nSPS) is 28.7. The maximum atomic E-state index is 9.34. The van der Waals surface area contributed by atoms with Crippen LogP contribution in [0.15, 0.2) is 4.99 Å². The smallest absolute Gasteiger partial charge is 0.208 e. The van der Waals surface area contributed by atoms with Crippen LogP contribution in [-0.2, 0) is 4.74 Å². The lowest BCUT2D eigenvalue weighted by Crippen LogP contribution is -2.59. The maximum Gasteiger partial charge on any atom is 0.208 e. The molecule has 0 amide bonds. The van der Waals surface area contributed by atoms with E-state index in [2.05, 4.69) is 10.3 Å². The van der Waals surface area contributed by atoms with E-state index >= 15 is 0 Å². The van der Waals surface area contributed by atoms with Gasteiger partial charge in [-0.05, 0) is 26.7 Å². The SMILES string of the molecule is CC1(C)CN(C(=NC2CCCC2)NN)CC(CO)O1. The summed E-state index contributed by atoms with van der Waals surface area (Å²) in [5, 5.41) is 9.34. The Morgan fingerprint density at radius 2 is 2.16 bits per heavy atom. The molecule has 1 heterocycles. The maximum absolute atomic E-state index is 9.34. The number of hydrogen-bond donors (Lipinski definition) is 3. The van der Waals surface area contributed by atoms with Crippen molar-refractivity contribution >= 4 is 5.96 Å². The molecule has 2 rings (SSSR count). The van der Waals surface area contributed by atoms with Crippen LogP contribution in [0.4, 0.5) is 0 Å². The van der Waals surface area contributed by atoms with E-state index in [0.29, 0.717) is 12.6 Å². The van der Waals surface area contributed by atoms with Crippen molar-refractivity contribution in [2.24, 2.45) is 10.8 Å². The van der Waals surface area contributed by atoms with E-state index in [9.17, 15) is 5.11 Å². The van der Waals surface area contributed by atoms with Gasteiger partial charge < -0.3 is 14.7 Å². The third-order valence-corrected chi connectivity index (χ3v) is 3.74. The molecule has 6 heteroatoms. The van der Waals surface area contributed by atoms with Crippen LogP contribution in [0, 0.1) is 0 Å². The van der Waals surface area contributed by atoms with E-state index in [4.69, 9.17) is 15.6 Å². The Kier molecular flexibility index (Phi) is 4.65. The van der Waals surface area contributed by atoms with Crippen LogP contribution >= 0.6 is 0 Å². The standard InChI is InChI=1S/C13H26N4O2/c1-13(2)9-17(7-11(8-18)19-13)12(16-14)15-10-5-3-4-6-10/h10-11,18H,3-9,14H2,1-2H3,(H,15,16). The predicted octanol–water partition coefficient (Wildman–Crippen LogP) is 0.220. The van der Waals surface area contributed by atoms with Crippen molar-refractivity contribution in [2.45, 2.75) is 57.3 Å². The summed E-state index contributed by atoms with van der Waals surface area (Å²) in [5.74, 6) is 6.36. The highest BCUT2D eigenvalue weighted by molar-refractivity contribution is 5.79. The molecule has 1 aliphatic carbocycles. The van der Waals surface area contributed by atoms with E-state index in [1.807, 2.05) is 13.8 Å². The van der Waals surface area contributed by atoms with Gasteiger partial charge in [0.05, 0.1) is 24.4 Å². The topological polar surface area (TPSA) is 83.1 Å². The van der Waals surface area contributed by atoms with Gasteiger partial charge >= 0.3 is 0 Å². The molecule has 2 aliphatic rings. The minimum atomic E-state index is -0.307. The minimum absolute atomic E-state index is 0.0151. The summed E-state index contributed by atoms with van der Waals surface area (Å²) in [6, 6.07) is 0.379. The molecule has 1 aliphatic heterocycles. The van der Waals surface area contributed by atoms with E-state index in [-0.39, 0.29) is 18.3 Å². The van der Waals surface area contributed by atoms with E-state index in [1.54, 1.807) is 0 Å². The minimum Gasteiger partial charge on any atom is -0.394 e. The highest BCUT2D eigenvalue weighted by atomic mass is 16.5. The first-order valence-electron chi connectivity index (χ1n) is 7.12. The zero-order valence-electron chi connectivity index (χ0n) is 11.9. The van der Waals surface area contributed by atoms with Crippen LogP contribution in [0.25, 0.3) is 0 Å². The molecule has 0 bridgehead atoms. The van der Waals surface area contributed by atoms with Crippen LogP contribution < -0.4 is 11.3 Å². The molecule has 1 unspecified atom stereocenters. The van der Waals surface area contributed by atoms with Gasteiger partial charge in [-0.25, -0.2) is 10.8 Å². The van der Waals surface area contributed by atoms with Crippen molar-refractivity contribution in [1.82, 2.24) is 10.3 Å². The van der Waals surface area contributed by atoms with E-state index in [1.165, 1.54) is 12.8 Å². The van der Waals surface area contributed by atoms with Crippen LogP contribution in [0.1, 0.15) is 39.5 Å². The summed E-state index contributed by atoms with van der Waals surface area (Å²) in [6.07, 6.45) is 4.59. The van der Waals surface area contributed by atoms with Crippen molar-refractivity contribution in [3.05, 3.63) is 0 Å². The van der Waals surface area contributed by atoms with Crippen molar-refractivity contribution < 1.29 is 9.84 Å². The van der Waals surface area contributed by atoms with E-state index in [0.717, 1.165) is 25.3 Å². The molecule has 0 aromatic rings. The molecular weight excluding hydrogens is 244 g/mol. The Hall–Kier alpha value is -0.850. The predicted molar refractivity (Wildman–Crippen MR) is 74.6 cm³/mol. The van der Waals surface area contributed by atoms with Crippen molar-refractivity contribution in [3.63, 3.8) is 0 Å². The summed E-state index contributed by atoms with van der Waals surface area (Å²) in [7, 11) is 0. The Bertz CT molecular complexity index is 327. The van der Waals surface area contributed by atoms with Gasteiger partial charge in [-0.2, -0.15) is 0 Å². The Morgan fingerprint density at radius 1 is 1.47 bits per heavy atom. The monoisotopic (exact) mass is 270 g/mol. The number of ether oxygens (including phenoxy) is 1. The largest absolute Gasteiger partial charge is 0.394 e. The summed E-state index contributed by atoms with van der Waals surface area (Å²) >= 11 is 0. The van der Waals surface area contributed by atoms with Crippen LogP contribution in [-0.4, -0.2) is 53.4 Å². The summed E-state index contributed by atoms with van der Waals surface area (Å²) < 4.78 is 5.80. The van der Waals surface area contributed by atoms with Crippen molar-refractivity contribution in [2.75, 3.05) is 19.7 Å². The second-order valence-electron chi connectivity index (χ2n) is 6.10. The van der Waals surface area contributed by atoms with Crippen LogP contribution in [0.5, 0.6) is 0 Å². The Labute approximate surface area is 115 Å². The molecule has 0 radical (unpaired) electrons. The number of hydrazine groups is 1. The van der Waals surface area contributed by atoms with Gasteiger partial charge in [0.15, 0.2) is 0 Å². The lowest BCUT2D eigenvalue weighted by atomic mass is 10.1. The molecule has 0 aromatic carbocycles. The first-order valence-corrected chi connectivity index (χ1v) is 7.12. The molecule has 2 fully saturated rings. The molecule has 1 saturated carbocycles. The van der Waals surface area contributed by atoms with Crippen molar-refractivity contribution in [1.29, 1.82) is 0 Å². The van der Waals surface area contributed by atoms with Gasteiger partial charge in [0.2, 0.25) is 5.96 Å². The molecular formula is C13H26N4O2. The van der Waals surface area contributed by atoms with Crippen molar-refractivity contribution in [3.8, 4) is 0 Å². The number of morpholine rings is 1. The number of hydrogen-bond acceptors (Lipinski definition) is 4. The Morgan fingerprint density at radius 3 is 2.74 bits per heavy atom. The van der Waals surface area contributed by atoms with Crippen LogP contribution in [0.2, 0.25) is 0 Å². The van der Waals surface area contributed by atoms with Crippen LogP contribution in [0.3, 0.4) is 0 Å². The second-order valence-corrected chi connectivity index (χ2v) is 6.10. The summed E-state index contributed by atoms with van der Waals surface area (Å²) in [4.78, 5) is 6.81. The second kappa shape index (κ2) is 6.07. The fourth-order valence-electron chi connectivity index (χ4n) is 2.97. The number of nitrogens with zero attached hydrogens (tertiary/aromatic N) is 2. The highest BCUT2D eigenvalue weighted by Gasteiger charge is 2.34. The quantitative estimate of drug-likeness (QED) is 0.289. The fourth-order valence-corrected chi connectivity index (χ4v) is 2.97. The molecule has 4 N–H and O–H groups in total. The third kappa shape index (κ3) is 3.81. The Balaban J connectivity index is 2.08. The number of aliphatic hydroxyl groups is 1. The highest BCUT2D eigenvalue weighted by Crippen LogP contribution is 2.23. The molecule has 110 valence electrons. The molecule has 6 nitrogen and oxygen atoms in total. The summed E-state index contributed by atoms with van der Waals surface area (Å²) in [6.45, 7) is 5.40. The van der Waals surface area contributed by atoms with Gasteiger partial charge in [0.25, 0.3) is 0 Å². The fraction of sp³-hybridized carbons (Fsp3) is 0.923. The van der Waals surface area contributed by atoms with Gasteiger partial charge in [-0.3, -0.25) is 5.43 Å². The van der Waals surface area contributed by atoms with Gasteiger partial charge in [0.1, 0.15) is 0 Å². The lowest BCUT2D eigenvalue weighted by Gasteiger charge is -2.43.